The highest BCUT2D eigenvalue weighted by Gasteiger charge is 2.21. The molecule has 0 bridgehead atoms. The molecule has 0 unspecified atom stereocenters. The van der Waals surface area contributed by atoms with Crippen LogP contribution in [0.5, 0.6) is 0 Å². The predicted octanol–water partition coefficient (Wildman–Crippen LogP) is 13.9. The Morgan fingerprint density at radius 3 is 1.69 bits per heavy atom. The van der Waals surface area contributed by atoms with E-state index < -0.39 is 0 Å². The summed E-state index contributed by atoms with van der Waals surface area (Å²) in [6.07, 6.45) is 0. The van der Waals surface area contributed by atoms with Crippen LogP contribution in [0, 0.1) is 0 Å². The second-order valence-electron chi connectivity index (χ2n) is 13.4. The highest BCUT2D eigenvalue weighted by molar-refractivity contribution is 6.15. The SMILES string of the molecule is c1ccc(-c2cccc(N(c3ccc4c(c3)c3cc5ccccc5cc3n4-c3ccccc3)c3ccc(-c4ccccc4)c4ccccc34)c2)cc1. The molecular formula is C50H34N2. The molecule has 10 aromatic rings. The summed E-state index contributed by atoms with van der Waals surface area (Å²) in [5, 5.41) is 7.36. The lowest BCUT2D eigenvalue weighted by molar-refractivity contribution is 1.18. The lowest BCUT2D eigenvalue weighted by atomic mass is 9.96. The summed E-state index contributed by atoms with van der Waals surface area (Å²) in [6.45, 7) is 0. The molecule has 0 spiro atoms. The lowest BCUT2D eigenvalue weighted by Gasteiger charge is -2.28. The van der Waals surface area contributed by atoms with Gasteiger partial charge in [-0.3, -0.25) is 0 Å². The zero-order valence-corrected chi connectivity index (χ0v) is 28.5. The normalized spacial score (nSPS) is 11.5. The van der Waals surface area contributed by atoms with Crippen LogP contribution in [0.1, 0.15) is 0 Å². The van der Waals surface area contributed by atoms with Gasteiger partial charge in [-0.2, -0.15) is 0 Å². The highest BCUT2D eigenvalue weighted by atomic mass is 15.1. The number of fused-ring (bicyclic) bond motifs is 5. The zero-order valence-electron chi connectivity index (χ0n) is 28.5. The number of hydrogen-bond acceptors (Lipinski definition) is 1. The van der Waals surface area contributed by atoms with Gasteiger partial charge in [0.2, 0.25) is 0 Å². The van der Waals surface area contributed by atoms with Gasteiger partial charge in [-0.25, -0.2) is 0 Å². The molecule has 0 aliphatic heterocycles. The van der Waals surface area contributed by atoms with Crippen LogP contribution in [0.2, 0.25) is 0 Å². The minimum atomic E-state index is 1.11. The molecule has 1 heterocycles. The molecule has 244 valence electrons. The third-order valence-electron chi connectivity index (χ3n) is 10.3. The van der Waals surface area contributed by atoms with Crippen LogP contribution in [0.3, 0.4) is 0 Å². The molecule has 0 amide bonds. The fourth-order valence-corrected chi connectivity index (χ4v) is 7.92. The fraction of sp³-hybridized carbons (Fsp3) is 0. The molecule has 0 aliphatic carbocycles. The maximum atomic E-state index is 2.44. The highest BCUT2D eigenvalue weighted by Crippen LogP contribution is 2.45. The average molecular weight is 663 g/mol. The van der Waals surface area contributed by atoms with E-state index in [1.165, 1.54) is 65.6 Å². The van der Waals surface area contributed by atoms with Crippen LogP contribution >= 0.6 is 0 Å². The van der Waals surface area contributed by atoms with Gasteiger partial charge in [-0.15, -0.1) is 0 Å². The molecular weight excluding hydrogens is 629 g/mol. The lowest BCUT2D eigenvalue weighted by Crippen LogP contribution is -2.11. The van der Waals surface area contributed by atoms with Crippen LogP contribution in [0.25, 0.3) is 71.3 Å². The minimum Gasteiger partial charge on any atom is -0.310 e. The van der Waals surface area contributed by atoms with Gasteiger partial charge in [0.1, 0.15) is 0 Å². The van der Waals surface area contributed by atoms with E-state index in [-0.39, 0.29) is 0 Å². The summed E-state index contributed by atoms with van der Waals surface area (Å²) in [7, 11) is 0. The van der Waals surface area contributed by atoms with E-state index in [1.54, 1.807) is 0 Å². The first-order valence-electron chi connectivity index (χ1n) is 17.9. The number of hydrogen-bond donors (Lipinski definition) is 0. The molecule has 0 atom stereocenters. The van der Waals surface area contributed by atoms with Crippen molar-refractivity contribution in [1.82, 2.24) is 4.57 Å². The van der Waals surface area contributed by atoms with Crippen LogP contribution in [0.4, 0.5) is 17.1 Å². The third-order valence-corrected chi connectivity index (χ3v) is 10.3. The number of anilines is 3. The first kappa shape index (κ1) is 30.0. The van der Waals surface area contributed by atoms with Crippen LogP contribution in [-0.4, -0.2) is 4.57 Å². The molecule has 2 nitrogen and oxygen atoms in total. The summed E-state index contributed by atoms with van der Waals surface area (Å²) < 4.78 is 2.41. The van der Waals surface area contributed by atoms with E-state index in [2.05, 4.69) is 216 Å². The Bertz CT molecular complexity index is 2890. The molecule has 52 heavy (non-hydrogen) atoms. The van der Waals surface area contributed by atoms with Gasteiger partial charge in [0.15, 0.2) is 0 Å². The number of para-hydroxylation sites is 1. The van der Waals surface area contributed by atoms with Crippen molar-refractivity contribution in [3.05, 3.63) is 206 Å². The van der Waals surface area contributed by atoms with Crippen molar-refractivity contribution in [2.24, 2.45) is 0 Å². The Morgan fingerprint density at radius 1 is 0.327 bits per heavy atom. The van der Waals surface area contributed by atoms with Crippen molar-refractivity contribution in [3.8, 4) is 27.9 Å². The van der Waals surface area contributed by atoms with E-state index >= 15 is 0 Å². The van der Waals surface area contributed by atoms with Gasteiger partial charge in [0.25, 0.3) is 0 Å². The topological polar surface area (TPSA) is 8.17 Å². The van der Waals surface area contributed by atoms with Crippen LogP contribution in [-0.2, 0) is 0 Å². The Balaban J connectivity index is 1.26. The van der Waals surface area contributed by atoms with Crippen molar-refractivity contribution >= 4 is 60.4 Å². The van der Waals surface area contributed by atoms with E-state index in [0.717, 1.165) is 22.7 Å². The summed E-state index contributed by atoms with van der Waals surface area (Å²) in [6, 6.07) is 74.8. The van der Waals surface area contributed by atoms with Gasteiger partial charge in [0.05, 0.1) is 16.7 Å². The predicted molar refractivity (Wildman–Crippen MR) is 221 cm³/mol. The molecule has 2 heteroatoms. The van der Waals surface area contributed by atoms with Crippen LogP contribution < -0.4 is 4.90 Å². The summed E-state index contributed by atoms with van der Waals surface area (Å²) in [4.78, 5) is 2.44. The smallest absolute Gasteiger partial charge is 0.0547 e. The number of rotatable bonds is 6. The van der Waals surface area contributed by atoms with E-state index in [1.807, 2.05) is 0 Å². The largest absolute Gasteiger partial charge is 0.310 e. The summed E-state index contributed by atoms with van der Waals surface area (Å²) >= 11 is 0. The van der Waals surface area contributed by atoms with Gasteiger partial charge in [0, 0.05) is 33.2 Å². The first-order chi connectivity index (χ1) is 25.8. The average Bonchev–Trinajstić information content (AvgIpc) is 3.53. The molecule has 0 saturated carbocycles. The second-order valence-corrected chi connectivity index (χ2v) is 13.4. The van der Waals surface area contributed by atoms with Gasteiger partial charge in [-0.1, -0.05) is 146 Å². The van der Waals surface area contributed by atoms with Crippen molar-refractivity contribution in [2.75, 3.05) is 4.90 Å². The van der Waals surface area contributed by atoms with E-state index in [4.69, 9.17) is 0 Å². The number of nitrogens with zero attached hydrogens (tertiary/aromatic N) is 2. The van der Waals surface area contributed by atoms with Crippen molar-refractivity contribution in [1.29, 1.82) is 0 Å². The van der Waals surface area contributed by atoms with Crippen molar-refractivity contribution in [2.45, 2.75) is 0 Å². The van der Waals surface area contributed by atoms with E-state index in [0.29, 0.717) is 0 Å². The zero-order chi connectivity index (χ0) is 34.4. The summed E-state index contributed by atoms with van der Waals surface area (Å²) in [5.41, 5.74) is 11.7. The molecule has 0 N–H and O–H groups in total. The standard InChI is InChI=1S/C50H34N2/c1-4-15-35(16-5-1)37-21-14-24-41(31-37)51(48-30-28-43(36-17-6-2-7-18-36)44-25-12-13-26-45(44)48)42-27-29-49-47(34-42)46-32-38-19-10-11-20-39(38)33-50(46)52(49)40-22-8-3-9-23-40/h1-34H. The Hall–Kier alpha value is -6.90. The van der Waals surface area contributed by atoms with Crippen molar-refractivity contribution in [3.63, 3.8) is 0 Å². The Labute approximate surface area is 303 Å². The molecule has 0 saturated heterocycles. The maximum absolute atomic E-state index is 2.44. The molecule has 0 aliphatic rings. The first-order valence-corrected chi connectivity index (χ1v) is 17.9. The second kappa shape index (κ2) is 12.5. The third kappa shape index (κ3) is 5.04. The molecule has 0 fully saturated rings. The fourth-order valence-electron chi connectivity index (χ4n) is 7.92. The molecule has 9 aromatic carbocycles. The van der Waals surface area contributed by atoms with Crippen molar-refractivity contribution < 1.29 is 0 Å². The Morgan fingerprint density at radius 2 is 0.923 bits per heavy atom. The van der Waals surface area contributed by atoms with Crippen LogP contribution in [0.15, 0.2) is 206 Å². The maximum Gasteiger partial charge on any atom is 0.0547 e. The Kier molecular flexibility index (Phi) is 7.18. The molecule has 10 rings (SSSR count). The quantitative estimate of drug-likeness (QED) is 0.172. The minimum absolute atomic E-state index is 1.11. The van der Waals surface area contributed by atoms with Gasteiger partial charge >= 0.3 is 0 Å². The molecule has 0 radical (unpaired) electrons. The van der Waals surface area contributed by atoms with Gasteiger partial charge in [-0.05, 0) is 99.1 Å². The van der Waals surface area contributed by atoms with E-state index in [9.17, 15) is 0 Å². The summed E-state index contributed by atoms with van der Waals surface area (Å²) in [5.74, 6) is 0. The molecule has 1 aromatic heterocycles. The number of aromatic nitrogens is 1. The monoisotopic (exact) mass is 662 g/mol. The number of benzene rings is 9. The van der Waals surface area contributed by atoms with Gasteiger partial charge < -0.3 is 9.47 Å².